The number of hydrogen-bond donors (Lipinski definition) is 0. The van der Waals surface area contributed by atoms with E-state index in [0.29, 0.717) is 0 Å². The number of pyridine rings is 2. The Hall–Kier alpha value is -8.60. The van der Waals surface area contributed by atoms with Gasteiger partial charge in [-0.05, 0) is 123 Å². The average Bonchev–Trinajstić information content (AvgIpc) is 3.38. The number of benzene rings is 9. The van der Waals surface area contributed by atoms with Gasteiger partial charge in [0, 0.05) is 39.9 Å². The van der Waals surface area contributed by atoms with Crippen molar-refractivity contribution in [1.29, 1.82) is 0 Å². The number of fused-ring (bicyclic) bond motifs is 4. The van der Waals surface area contributed by atoms with Crippen molar-refractivity contribution in [3.8, 4) is 55.8 Å². The van der Waals surface area contributed by atoms with Gasteiger partial charge in [-0.15, -0.1) is 0 Å². The van der Waals surface area contributed by atoms with Crippen molar-refractivity contribution in [3.05, 3.63) is 243 Å². The van der Waals surface area contributed by atoms with E-state index in [-0.39, 0.29) is 0 Å². The Kier molecular flexibility index (Phi) is 9.12. The summed E-state index contributed by atoms with van der Waals surface area (Å²) in [5, 5.41) is 2.08. The predicted molar refractivity (Wildman–Crippen MR) is 267 cm³/mol. The van der Waals surface area contributed by atoms with Crippen LogP contribution < -0.4 is 9.80 Å². The van der Waals surface area contributed by atoms with Crippen molar-refractivity contribution in [2.75, 3.05) is 9.80 Å². The summed E-state index contributed by atoms with van der Waals surface area (Å²) in [6, 6.07) is 84.4. The maximum atomic E-state index is 5.39. The quantitative estimate of drug-likeness (QED) is 0.143. The van der Waals surface area contributed by atoms with Crippen molar-refractivity contribution in [3.63, 3.8) is 0 Å². The lowest BCUT2D eigenvalue weighted by Gasteiger charge is -2.33. The van der Waals surface area contributed by atoms with E-state index in [1.165, 1.54) is 33.4 Å². The molecule has 1 aliphatic rings. The molecule has 0 unspecified atom stereocenters. The fourth-order valence-electron chi connectivity index (χ4n) is 9.32. The maximum Gasteiger partial charge on any atom is 0.0846 e. The first-order valence-corrected chi connectivity index (χ1v) is 21.7. The monoisotopic (exact) mass is 816 g/mol. The average molecular weight is 817 g/mol. The Labute approximate surface area is 372 Å². The highest BCUT2D eigenvalue weighted by molar-refractivity contribution is 6.19. The first-order chi connectivity index (χ1) is 31.7. The molecule has 0 aliphatic carbocycles. The first kappa shape index (κ1) is 37.2. The molecule has 0 atom stereocenters. The summed E-state index contributed by atoms with van der Waals surface area (Å²) in [6.07, 6.45) is 1.94. The van der Waals surface area contributed by atoms with Gasteiger partial charge in [0.05, 0.1) is 33.5 Å². The highest BCUT2D eigenvalue weighted by atomic mass is 15.2. The van der Waals surface area contributed by atoms with Crippen LogP contribution in [0.25, 0.3) is 77.6 Å². The lowest BCUT2D eigenvalue weighted by Crippen LogP contribution is -2.16. The zero-order chi connectivity index (χ0) is 42.4. The summed E-state index contributed by atoms with van der Waals surface area (Å²) in [7, 11) is 0. The van der Waals surface area contributed by atoms with Crippen molar-refractivity contribution >= 4 is 55.9 Å². The van der Waals surface area contributed by atoms with Gasteiger partial charge >= 0.3 is 0 Å². The van der Waals surface area contributed by atoms with Crippen LogP contribution in [0.5, 0.6) is 0 Å². The Morgan fingerprint density at radius 1 is 0.359 bits per heavy atom. The van der Waals surface area contributed by atoms with Gasteiger partial charge in [0.25, 0.3) is 0 Å². The van der Waals surface area contributed by atoms with Crippen LogP contribution in [-0.4, -0.2) is 9.97 Å². The summed E-state index contributed by atoms with van der Waals surface area (Å²) in [6.45, 7) is 0. The van der Waals surface area contributed by atoms with E-state index in [0.717, 1.165) is 78.3 Å². The zero-order valence-electron chi connectivity index (χ0n) is 34.9. The minimum atomic E-state index is 0.927. The molecule has 0 saturated heterocycles. The minimum absolute atomic E-state index is 0.927. The fourth-order valence-corrected chi connectivity index (χ4v) is 9.32. The fraction of sp³-hybridized carbons (Fsp3) is 0. The molecule has 64 heavy (non-hydrogen) atoms. The topological polar surface area (TPSA) is 32.3 Å². The van der Waals surface area contributed by atoms with E-state index in [9.17, 15) is 0 Å². The number of para-hydroxylation sites is 1. The summed E-state index contributed by atoms with van der Waals surface area (Å²) >= 11 is 0. The third kappa shape index (κ3) is 6.57. The molecular formula is C60H40N4. The molecule has 12 rings (SSSR count). The molecule has 11 aromatic rings. The molecule has 4 nitrogen and oxygen atoms in total. The lowest BCUT2D eigenvalue weighted by molar-refractivity contribution is 1.24. The Bertz CT molecular complexity index is 3480. The Morgan fingerprint density at radius 3 is 1.56 bits per heavy atom. The third-order valence-electron chi connectivity index (χ3n) is 12.4. The van der Waals surface area contributed by atoms with E-state index in [2.05, 4.69) is 246 Å². The van der Waals surface area contributed by atoms with E-state index >= 15 is 0 Å². The minimum Gasteiger partial charge on any atom is -0.310 e. The molecule has 2 aromatic heterocycles. The van der Waals surface area contributed by atoms with Crippen molar-refractivity contribution in [2.24, 2.45) is 0 Å². The van der Waals surface area contributed by atoms with Crippen LogP contribution in [-0.2, 0) is 0 Å². The van der Waals surface area contributed by atoms with Crippen LogP contribution in [0, 0.1) is 0 Å². The lowest BCUT2D eigenvalue weighted by atomic mass is 9.93. The second-order valence-electron chi connectivity index (χ2n) is 16.2. The molecule has 4 heteroatoms. The van der Waals surface area contributed by atoms with Crippen LogP contribution in [0.15, 0.2) is 243 Å². The van der Waals surface area contributed by atoms with E-state index in [1.807, 2.05) is 6.20 Å². The number of nitrogens with zero attached hydrogens (tertiary/aromatic N) is 4. The maximum absolute atomic E-state index is 5.39. The third-order valence-corrected chi connectivity index (χ3v) is 12.4. The normalized spacial score (nSPS) is 11.7. The van der Waals surface area contributed by atoms with Gasteiger partial charge in [0.2, 0.25) is 0 Å². The number of hydrogen-bond acceptors (Lipinski definition) is 4. The highest BCUT2D eigenvalue weighted by Gasteiger charge is 2.29. The van der Waals surface area contributed by atoms with Crippen molar-refractivity contribution in [2.45, 2.75) is 0 Å². The van der Waals surface area contributed by atoms with Gasteiger partial charge < -0.3 is 9.80 Å². The summed E-state index contributed by atoms with van der Waals surface area (Å²) in [5.74, 6) is 0. The molecule has 300 valence electrons. The predicted octanol–water partition coefficient (Wildman–Crippen LogP) is 16.4. The van der Waals surface area contributed by atoms with Crippen LogP contribution in [0.1, 0.15) is 0 Å². The second kappa shape index (κ2) is 15.7. The van der Waals surface area contributed by atoms with Crippen LogP contribution in [0.3, 0.4) is 0 Å². The van der Waals surface area contributed by atoms with Crippen LogP contribution >= 0.6 is 0 Å². The van der Waals surface area contributed by atoms with Gasteiger partial charge in [0.1, 0.15) is 0 Å². The molecule has 0 amide bonds. The molecule has 1 aliphatic heterocycles. The Morgan fingerprint density at radius 2 is 0.875 bits per heavy atom. The molecule has 0 N–H and O–H groups in total. The Balaban J connectivity index is 0.966. The van der Waals surface area contributed by atoms with E-state index in [4.69, 9.17) is 9.97 Å². The smallest absolute Gasteiger partial charge is 0.0846 e. The number of rotatable bonds is 8. The van der Waals surface area contributed by atoms with Crippen LogP contribution in [0.2, 0.25) is 0 Å². The van der Waals surface area contributed by atoms with Gasteiger partial charge in [-0.2, -0.15) is 0 Å². The van der Waals surface area contributed by atoms with Crippen molar-refractivity contribution < 1.29 is 0 Å². The molecule has 3 heterocycles. The summed E-state index contributed by atoms with van der Waals surface area (Å²) in [5.41, 5.74) is 19.7. The highest BCUT2D eigenvalue weighted by Crippen LogP contribution is 2.51. The van der Waals surface area contributed by atoms with Gasteiger partial charge in [-0.25, -0.2) is 4.98 Å². The van der Waals surface area contributed by atoms with Gasteiger partial charge in [-0.3, -0.25) is 4.98 Å². The molecular weight excluding hydrogens is 777 g/mol. The van der Waals surface area contributed by atoms with E-state index < -0.39 is 0 Å². The summed E-state index contributed by atoms with van der Waals surface area (Å²) < 4.78 is 0. The van der Waals surface area contributed by atoms with Crippen LogP contribution in [0.4, 0.5) is 34.1 Å². The van der Waals surface area contributed by atoms with E-state index in [1.54, 1.807) is 0 Å². The number of aromatic nitrogens is 2. The molecule has 0 spiro atoms. The first-order valence-electron chi connectivity index (χ1n) is 21.7. The number of anilines is 6. The van der Waals surface area contributed by atoms with Gasteiger partial charge in [-0.1, -0.05) is 158 Å². The van der Waals surface area contributed by atoms with Crippen molar-refractivity contribution in [1.82, 2.24) is 9.97 Å². The SMILES string of the molecule is c1ccc(-c2ccc(N(c3ccc(N4c5ccccc5-c5nc6ccc(-c7cccc(-c8ccccc8)c7)cc6c6nccc4c56)cc3)c3cccc(-c4ccccc4)c3)cc2)cc1. The molecule has 0 saturated carbocycles. The molecule has 0 bridgehead atoms. The molecule has 0 radical (unpaired) electrons. The zero-order valence-corrected chi connectivity index (χ0v) is 34.9. The standard InChI is InChI=1S/C60H40N4/c1-4-14-41(15-5-1)44-26-29-49(30-27-44)63(52-23-13-22-47(39-52)43-18-8-3-9-19-43)50-31-33-51(34-32-50)64-56-25-11-10-24-53(56)60-58-57(64)36-37-61-59(58)54-40-48(28-35-55(54)62-60)46-21-12-20-45(38-46)42-16-6-2-7-17-42/h1-40H. The second-order valence-corrected chi connectivity index (χ2v) is 16.2. The molecule has 0 fully saturated rings. The van der Waals surface area contributed by atoms with Gasteiger partial charge in [0.15, 0.2) is 0 Å². The largest absolute Gasteiger partial charge is 0.310 e. The molecule has 9 aromatic carbocycles. The summed E-state index contributed by atoms with van der Waals surface area (Å²) in [4.78, 5) is 15.2.